The second-order valence-electron chi connectivity index (χ2n) is 2.34. The van der Waals surface area contributed by atoms with E-state index in [2.05, 4.69) is 10.3 Å². The van der Waals surface area contributed by atoms with Crippen LogP contribution in [-0.4, -0.2) is 17.9 Å². The van der Waals surface area contributed by atoms with Gasteiger partial charge in [-0.25, -0.2) is 0 Å². The molecule has 1 rings (SSSR count). The molecule has 0 aromatic carbocycles. The predicted molar refractivity (Wildman–Crippen MR) is 44.9 cm³/mol. The molecule has 0 aliphatic carbocycles. The van der Waals surface area contributed by atoms with Crippen LogP contribution in [0.5, 0.6) is 0 Å². The Balaban J connectivity index is 2.96. The van der Waals surface area contributed by atoms with Crippen molar-refractivity contribution >= 4 is 5.84 Å². The lowest BCUT2D eigenvalue weighted by Gasteiger charge is -2.01. The lowest BCUT2D eigenvalue weighted by Crippen LogP contribution is -2.19. The molecule has 0 saturated carbocycles. The van der Waals surface area contributed by atoms with Crippen molar-refractivity contribution in [3.05, 3.63) is 29.6 Å². The molecule has 1 aromatic rings. The number of hydrogen-bond acceptors (Lipinski definition) is 2. The molecule has 0 amide bonds. The van der Waals surface area contributed by atoms with E-state index < -0.39 is 0 Å². The third-order valence-electron chi connectivity index (χ3n) is 1.42. The molecule has 1 heterocycles. The van der Waals surface area contributed by atoms with Crippen molar-refractivity contribution in [2.45, 2.75) is 6.92 Å². The molecule has 0 radical (unpaired) electrons. The maximum absolute atomic E-state index is 7.40. The first-order valence-corrected chi connectivity index (χ1v) is 3.43. The molecule has 1 aromatic heterocycles. The summed E-state index contributed by atoms with van der Waals surface area (Å²) in [6, 6.07) is 3.78. The molecule has 0 bridgehead atoms. The highest BCUT2D eigenvalue weighted by Gasteiger charge is 1.98. The Bertz CT molecular complexity index is 268. The van der Waals surface area contributed by atoms with Crippen molar-refractivity contribution in [2.75, 3.05) is 7.05 Å². The zero-order valence-electron chi connectivity index (χ0n) is 6.68. The van der Waals surface area contributed by atoms with Gasteiger partial charge in [-0.1, -0.05) is 0 Å². The molecule has 0 saturated heterocycles. The minimum atomic E-state index is 0.355. The fourth-order valence-electron chi connectivity index (χ4n) is 0.801. The number of pyridine rings is 1. The molecule has 0 unspecified atom stereocenters. The van der Waals surface area contributed by atoms with Gasteiger partial charge in [0.25, 0.3) is 0 Å². The van der Waals surface area contributed by atoms with Crippen molar-refractivity contribution in [1.82, 2.24) is 10.3 Å². The molecular weight excluding hydrogens is 138 g/mol. The summed E-state index contributed by atoms with van der Waals surface area (Å²) in [6.07, 6.45) is 1.70. The van der Waals surface area contributed by atoms with Crippen LogP contribution >= 0.6 is 0 Å². The first kappa shape index (κ1) is 7.72. The Morgan fingerprint density at radius 1 is 1.64 bits per heavy atom. The van der Waals surface area contributed by atoms with Crippen LogP contribution in [-0.2, 0) is 0 Å². The van der Waals surface area contributed by atoms with Gasteiger partial charge in [-0.05, 0) is 24.6 Å². The van der Waals surface area contributed by atoms with E-state index >= 15 is 0 Å². The number of nitrogens with one attached hydrogen (secondary N) is 2. The summed E-state index contributed by atoms with van der Waals surface area (Å²) in [5.74, 6) is 0.355. The predicted octanol–water partition coefficient (Wildman–Crippen LogP) is 0.935. The van der Waals surface area contributed by atoms with E-state index in [0.29, 0.717) is 11.5 Å². The van der Waals surface area contributed by atoms with Gasteiger partial charge >= 0.3 is 0 Å². The topological polar surface area (TPSA) is 48.8 Å². The fourth-order valence-corrected chi connectivity index (χ4v) is 0.801. The van der Waals surface area contributed by atoms with Gasteiger partial charge in [-0.3, -0.25) is 10.4 Å². The molecule has 2 N–H and O–H groups in total. The first-order valence-electron chi connectivity index (χ1n) is 3.43. The second kappa shape index (κ2) is 3.14. The Kier molecular flexibility index (Phi) is 2.21. The highest BCUT2D eigenvalue weighted by molar-refractivity contribution is 5.94. The molecule has 3 nitrogen and oxygen atoms in total. The molecule has 3 heteroatoms. The molecule has 0 atom stereocenters. The van der Waals surface area contributed by atoms with Crippen molar-refractivity contribution in [3.8, 4) is 0 Å². The van der Waals surface area contributed by atoms with Gasteiger partial charge in [-0.15, -0.1) is 0 Å². The van der Waals surface area contributed by atoms with Crippen LogP contribution in [0.25, 0.3) is 0 Å². The molecule has 11 heavy (non-hydrogen) atoms. The maximum atomic E-state index is 7.40. The lowest BCUT2D eigenvalue weighted by atomic mass is 10.2. The largest absolute Gasteiger partial charge is 0.372 e. The van der Waals surface area contributed by atoms with Gasteiger partial charge in [0.2, 0.25) is 0 Å². The Hall–Kier alpha value is -1.38. The van der Waals surface area contributed by atoms with Crippen LogP contribution in [0.4, 0.5) is 0 Å². The minimum absolute atomic E-state index is 0.355. The minimum Gasteiger partial charge on any atom is -0.372 e. The fraction of sp³-hybridized carbons (Fsp3) is 0.250. The number of nitrogens with zero attached hydrogens (tertiary/aromatic N) is 1. The van der Waals surface area contributed by atoms with Crippen molar-refractivity contribution in [3.63, 3.8) is 0 Å². The average molecular weight is 149 g/mol. The molecule has 0 spiro atoms. The summed E-state index contributed by atoms with van der Waals surface area (Å²) in [5.41, 5.74) is 1.81. The van der Waals surface area contributed by atoms with Gasteiger partial charge in [0.05, 0.1) is 0 Å². The third-order valence-corrected chi connectivity index (χ3v) is 1.42. The summed E-state index contributed by atoms with van der Waals surface area (Å²) in [7, 11) is 1.71. The van der Waals surface area contributed by atoms with E-state index in [1.807, 2.05) is 19.1 Å². The van der Waals surface area contributed by atoms with Crippen LogP contribution in [0.2, 0.25) is 0 Å². The first-order chi connectivity index (χ1) is 5.24. The van der Waals surface area contributed by atoms with Crippen molar-refractivity contribution in [1.29, 1.82) is 5.41 Å². The van der Waals surface area contributed by atoms with Crippen LogP contribution in [0.1, 0.15) is 11.3 Å². The van der Waals surface area contributed by atoms with E-state index in [1.54, 1.807) is 13.2 Å². The van der Waals surface area contributed by atoms with E-state index in [9.17, 15) is 0 Å². The molecule has 58 valence electrons. The zero-order chi connectivity index (χ0) is 8.27. The summed E-state index contributed by atoms with van der Waals surface area (Å²) in [4.78, 5) is 4.02. The number of amidine groups is 1. The number of rotatable bonds is 1. The van der Waals surface area contributed by atoms with E-state index in [1.165, 1.54) is 0 Å². The highest BCUT2D eigenvalue weighted by atomic mass is 14.9. The summed E-state index contributed by atoms with van der Waals surface area (Å²) >= 11 is 0. The summed E-state index contributed by atoms with van der Waals surface area (Å²) in [5, 5.41) is 10.1. The van der Waals surface area contributed by atoms with Crippen LogP contribution in [0.15, 0.2) is 18.3 Å². The Morgan fingerprint density at radius 2 is 2.36 bits per heavy atom. The number of aromatic nitrogens is 1. The Labute approximate surface area is 66.0 Å². The smallest absolute Gasteiger partial charge is 0.144 e. The summed E-state index contributed by atoms with van der Waals surface area (Å²) < 4.78 is 0. The van der Waals surface area contributed by atoms with Gasteiger partial charge in [0, 0.05) is 13.2 Å². The third kappa shape index (κ3) is 1.77. The highest BCUT2D eigenvalue weighted by Crippen LogP contribution is 1.98. The van der Waals surface area contributed by atoms with E-state index in [4.69, 9.17) is 5.41 Å². The standard InChI is InChI=1S/C8H11N3/c1-6-3-4-11-7(5-6)8(9)10-2/h3-5H,1-2H3,(H2,9,10). The lowest BCUT2D eigenvalue weighted by molar-refractivity contribution is 1.11. The van der Waals surface area contributed by atoms with E-state index in [-0.39, 0.29) is 0 Å². The van der Waals surface area contributed by atoms with Gasteiger partial charge < -0.3 is 5.32 Å². The van der Waals surface area contributed by atoms with E-state index in [0.717, 1.165) is 5.56 Å². The monoisotopic (exact) mass is 149 g/mol. The van der Waals surface area contributed by atoms with Crippen LogP contribution in [0, 0.1) is 12.3 Å². The zero-order valence-corrected chi connectivity index (χ0v) is 6.68. The van der Waals surface area contributed by atoms with Gasteiger partial charge in [-0.2, -0.15) is 0 Å². The van der Waals surface area contributed by atoms with Gasteiger partial charge in [0.15, 0.2) is 0 Å². The molecule has 0 fully saturated rings. The van der Waals surface area contributed by atoms with Gasteiger partial charge in [0.1, 0.15) is 11.5 Å². The molecule has 0 aliphatic heterocycles. The summed E-state index contributed by atoms with van der Waals surface area (Å²) in [6.45, 7) is 1.98. The van der Waals surface area contributed by atoms with Crippen LogP contribution in [0.3, 0.4) is 0 Å². The molecular formula is C8H11N3. The number of hydrogen-bond donors (Lipinski definition) is 2. The SMILES string of the molecule is CNC(=N)c1cc(C)ccn1. The second-order valence-corrected chi connectivity index (χ2v) is 2.34. The van der Waals surface area contributed by atoms with Crippen LogP contribution < -0.4 is 5.32 Å². The van der Waals surface area contributed by atoms with Crippen molar-refractivity contribution in [2.24, 2.45) is 0 Å². The van der Waals surface area contributed by atoms with Crippen molar-refractivity contribution < 1.29 is 0 Å². The molecule has 0 aliphatic rings. The quantitative estimate of drug-likeness (QED) is 0.461. The normalized spacial score (nSPS) is 9.27. The number of aryl methyl sites for hydroxylation is 1. The Morgan fingerprint density at radius 3 is 2.91 bits per heavy atom. The average Bonchev–Trinajstić information content (AvgIpc) is 2.03. The maximum Gasteiger partial charge on any atom is 0.144 e.